The van der Waals surface area contributed by atoms with Crippen LogP contribution >= 0.6 is 0 Å². The fourth-order valence-electron chi connectivity index (χ4n) is 3.39. The average Bonchev–Trinajstić information content (AvgIpc) is 2.46. The minimum Gasteiger partial charge on any atom is -0.350 e. The average molecular weight is 261 g/mol. The van der Waals surface area contributed by atoms with E-state index in [4.69, 9.17) is 5.73 Å². The van der Waals surface area contributed by atoms with Crippen molar-refractivity contribution < 1.29 is 0 Å². The van der Waals surface area contributed by atoms with Crippen molar-refractivity contribution >= 4 is 5.82 Å². The molecule has 0 aliphatic carbocycles. The van der Waals surface area contributed by atoms with E-state index in [1.165, 1.54) is 25.8 Å². The quantitative estimate of drug-likeness (QED) is 0.860. The van der Waals surface area contributed by atoms with Crippen molar-refractivity contribution in [3.8, 4) is 0 Å². The molecule has 104 valence electrons. The van der Waals surface area contributed by atoms with E-state index in [1.807, 2.05) is 0 Å². The first-order chi connectivity index (χ1) is 9.29. The number of piperazine rings is 1. The molecule has 2 fully saturated rings. The summed E-state index contributed by atoms with van der Waals surface area (Å²) >= 11 is 0. The smallest absolute Gasteiger partial charge is 0.151 e. The number of nitrogens with two attached hydrogens (primary N) is 1. The van der Waals surface area contributed by atoms with Crippen LogP contribution < -0.4 is 10.6 Å². The van der Waals surface area contributed by atoms with Gasteiger partial charge in [-0.05, 0) is 26.3 Å². The second kappa shape index (κ2) is 5.43. The van der Waals surface area contributed by atoms with Gasteiger partial charge < -0.3 is 10.6 Å². The van der Waals surface area contributed by atoms with Gasteiger partial charge in [0.1, 0.15) is 0 Å². The SMILES string of the molecule is CC1CN2CCCCC2CN1c1nccnc1CN. The summed E-state index contributed by atoms with van der Waals surface area (Å²) in [5.74, 6) is 0.989. The molecule has 3 heterocycles. The zero-order chi connectivity index (χ0) is 13.2. The summed E-state index contributed by atoms with van der Waals surface area (Å²) in [6.45, 7) is 6.19. The van der Waals surface area contributed by atoms with E-state index in [2.05, 4.69) is 26.7 Å². The molecule has 5 nitrogen and oxygen atoms in total. The highest BCUT2D eigenvalue weighted by atomic mass is 15.3. The number of rotatable bonds is 2. The van der Waals surface area contributed by atoms with E-state index in [-0.39, 0.29) is 0 Å². The summed E-state index contributed by atoms with van der Waals surface area (Å²) in [5, 5.41) is 0. The molecule has 2 atom stereocenters. The number of fused-ring (bicyclic) bond motifs is 1. The van der Waals surface area contributed by atoms with E-state index in [1.54, 1.807) is 12.4 Å². The lowest BCUT2D eigenvalue weighted by Crippen LogP contribution is -2.59. The van der Waals surface area contributed by atoms with Crippen LogP contribution in [0.3, 0.4) is 0 Å². The van der Waals surface area contributed by atoms with Gasteiger partial charge in [-0.25, -0.2) is 4.98 Å². The molecule has 2 aliphatic heterocycles. The Morgan fingerprint density at radius 1 is 1.26 bits per heavy atom. The number of nitrogens with zero attached hydrogens (tertiary/aromatic N) is 4. The van der Waals surface area contributed by atoms with Crippen molar-refractivity contribution in [2.24, 2.45) is 5.73 Å². The lowest BCUT2D eigenvalue weighted by molar-refractivity contribution is 0.115. The molecule has 1 aromatic rings. The summed E-state index contributed by atoms with van der Waals surface area (Å²) in [4.78, 5) is 13.9. The first-order valence-electron chi connectivity index (χ1n) is 7.30. The number of piperidine rings is 1. The summed E-state index contributed by atoms with van der Waals surface area (Å²) in [7, 11) is 0. The number of hydrogen-bond acceptors (Lipinski definition) is 5. The van der Waals surface area contributed by atoms with Crippen molar-refractivity contribution in [1.82, 2.24) is 14.9 Å². The van der Waals surface area contributed by atoms with Crippen LogP contribution in [0.25, 0.3) is 0 Å². The van der Waals surface area contributed by atoms with Crippen LogP contribution in [0.4, 0.5) is 5.82 Å². The van der Waals surface area contributed by atoms with Gasteiger partial charge in [0.05, 0.1) is 5.69 Å². The van der Waals surface area contributed by atoms with Crippen LogP contribution in [-0.2, 0) is 6.54 Å². The Kier molecular flexibility index (Phi) is 3.66. The molecule has 19 heavy (non-hydrogen) atoms. The number of anilines is 1. The maximum absolute atomic E-state index is 5.79. The summed E-state index contributed by atoms with van der Waals surface area (Å²) in [6, 6.07) is 1.16. The lowest BCUT2D eigenvalue weighted by atomic mass is 9.97. The molecule has 0 amide bonds. The molecule has 0 aromatic carbocycles. The van der Waals surface area contributed by atoms with E-state index in [0.29, 0.717) is 18.6 Å². The van der Waals surface area contributed by atoms with E-state index in [9.17, 15) is 0 Å². The van der Waals surface area contributed by atoms with Gasteiger partial charge in [0.15, 0.2) is 5.82 Å². The second-order valence-corrected chi connectivity index (χ2v) is 5.68. The van der Waals surface area contributed by atoms with E-state index in [0.717, 1.165) is 24.6 Å². The third-order valence-corrected chi connectivity index (χ3v) is 4.40. The summed E-state index contributed by atoms with van der Waals surface area (Å²) < 4.78 is 0. The van der Waals surface area contributed by atoms with Gasteiger partial charge in [0, 0.05) is 44.1 Å². The van der Waals surface area contributed by atoms with Crippen LogP contribution in [0.2, 0.25) is 0 Å². The first kappa shape index (κ1) is 12.8. The van der Waals surface area contributed by atoms with Crippen LogP contribution in [0, 0.1) is 0 Å². The molecular weight excluding hydrogens is 238 g/mol. The van der Waals surface area contributed by atoms with Gasteiger partial charge in [-0.3, -0.25) is 9.88 Å². The van der Waals surface area contributed by atoms with Crippen LogP contribution in [-0.4, -0.2) is 46.6 Å². The highest BCUT2D eigenvalue weighted by molar-refractivity contribution is 5.45. The largest absolute Gasteiger partial charge is 0.350 e. The van der Waals surface area contributed by atoms with Crippen molar-refractivity contribution in [3.63, 3.8) is 0 Å². The molecule has 3 rings (SSSR count). The Hall–Kier alpha value is -1.20. The zero-order valence-corrected chi connectivity index (χ0v) is 11.6. The van der Waals surface area contributed by atoms with E-state index < -0.39 is 0 Å². The highest BCUT2D eigenvalue weighted by Gasteiger charge is 2.34. The molecule has 0 spiro atoms. The number of aromatic nitrogens is 2. The third kappa shape index (κ3) is 2.44. The summed E-state index contributed by atoms with van der Waals surface area (Å²) in [6.07, 6.45) is 7.51. The molecule has 0 radical (unpaired) electrons. The third-order valence-electron chi connectivity index (χ3n) is 4.40. The molecule has 1 aromatic heterocycles. The zero-order valence-electron chi connectivity index (χ0n) is 11.6. The van der Waals surface area contributed by atoms with Crippen molar-refractivity contribution in [2.45, 2.75) is 44.8 Å². The Morgan fingerprint density at radius 3 is 2.95 bits per heavy atom. The van der Waals surface area contributed by atoms with Gasteiger partial charge in [0.2, 0.25) is 0 Å². The Bertz CT molecular complexity index is 436. The minimum atomic E-state index is 0.459. The highest BCUT2D eigenvalue weighted by Crippen LogP contribution is 2.28. The Labute approximate surface area is 114 Å². The molecule has 2 aliphatic rings. The maximum Gasteiger partial charge on any atom is 0.151 e. The normalized spacial score (nSPS) is 28.2. The molecule has 2 saturated heterocycles. The molecule has 2 unspecified atom stereocenters. The van der Waals surface area contributed by atoms with Crippen molar-refractivity contribution in [3.05, 3.63) is 18.1 Å². The predicted molar refractivity (Wildman–Crippen MR) is 75.9 cm³/mol. The summed E-state index contributed by atoms with van der Waals surface area (Å²) in [5.41, 5.74) is 6.71. The standard InChI is InChI=1S/C14H23N5/c1-11-9-18-7-3-2-4-12(18)10-19(11)14-13(8-15)16-5-6-17-14/h5-6,11-12H,2-4,7-10,15H2,1H3. The van der Waals surface area contributed by atoms with Crippen molar-refractivity contribution in [1.29, 1.82) is 0 Å². The van der Waals surface area contributed by atoms with Crippen LogP contribution in [0.5, 0.6) is 0 Å². The topological polar surface area (TPSA) is 58.3 Å². The van der Waals surface area contributed by atoms with Gasteiger partial charge in [0.25, 0.3) is 0 Å². The van der Waals surface area contributed by atoms with Gasteiger partial charge >= 0.3 is 0 Å². The Morgan fingerprint density at radius 2 is 2.11 bits per heavy atom. The maximum atomic E-state index is 5.79. The molecule has 0 saturated carbocycles. The van der Waals surface area contributed by atoms with Crippen LogP contribution in [0.15, 0.2) is 12.4 Å². The molecule has 5 heteroatoms. The molecule has 2 N–H and O–H groups in total. The van der Waals surface area contributed by atoms with Crippen molar-refractivity contribution in [2.75, 3.05) is 24.5 Å². The Balaban J connectivity index is 1.83. The predicted octanol–water partition coefficient (Wildman–Crippen LogP) is 0.998. The monoisotopic (exact) mass is 261 g/mol. The fourth-order valence-corrected chi connectivity index (χ4v) is 3.39. The minimum absolute atomic E-state index is 0.459. The number of hydrogen-bond donors (Lipinski definition) is 1. The fraction of sp³-hybridized carbons (Fsp3) is 0.714. The first-order valence-corrected chi connectivity index (χ1v) is 7.30. The van der Waals surface area contributed by atoms with Gasteiger partial charge in [-0.2, -0.15) is 0 Å². The van der Waals surface area contributed by atoms with Gasteiger partial charge in [-0.1, -0.05) is 6.42 Å². The lowest BCUT2D eigenvalue weighted by Gasteiger charge is -2.48. The van der Waals surface area contributed by atoms with Crippen LogP contribution in [0.1, 0.15) is 31.9 Å². The second-order valence-electron chi connectivity index (χ2n) is 5.68. The molecule has 0 bridgehead atoms. The van der Waals surface area contributed by atoms with Gasteiger partial charge in [-0.15, -0.1) is 0 Å². The molecular formula is C14H23N5. The van der Waals surface area contributed by atoms with E-state index >= 15 is 0 Å².